The third-order valence-corrected chi connectivity index (χ3v) is 3.60. The molecule has 2 heterocycles. The number of carbonyl (C=O) groups is 1. The highest BCUT2D eigenvalue weighted by molar-refractivity contribution is 5.78. The lowest BCUT2D eigenvalue weighted by Crippen LogP contribution is -2.52. The summed E-state index contributed by atoms with van der Waals surface area (Å²) in [5.41, 5.74) is 0. The number of piperazine rings is 1. The van der Waals surface area contributed by atoms with Gasteiger partial charge in [-0.2, -0.15) is 0 Å². The van der Waals surface area contributed by atoms with E-state index < -0.39 is 0 Å². The van der Waals surface area contributed by atoms with Crippen molar-refractivity contribution in [1.29, 1.82) is 0 Å². The lowest BCUT2D eigenvalue weighted by molar-refractivity contribution is -0.145. The van der Waals surface area contributed by atoms with Crippen molar-refractivity contribution in [3.8, 4) is 0 Å². The fourth-order valence-corrected chi connectivity index (χ4v) is 2.55. The summed E-state index contributed by atoms with van der Waals surface area (Å²) in [6.07, 6.45) is 0.927. The summed E-state index contributed by atoms with van der Waals surface area (Å²) in [7, 11) is 1.73. The normalized spacial score (nSPS) is 31.8. The van der Waals surface area contributed by atoms with Crippen LogP contribution in [0.15, 0.2) is 0 Å². The Labute approximate surface area is 103 Å². The largest absolute Gasteiger partial charge is 0.461 e. The van der Waals surface area contributed by atoms with Gasteiger partial charge in [-0.3, -0.25) is 14.6 Å². The lowest BCUT2D eigenvalue weighted by Gasteiger charge is -2.36. The minimum Gasteiger partial charge on any atom is -0.461 e. The van der Waals surface area contributed by atoms with Crippen molar-refractivity contribution >= 4 is 5.97 Å². The standard InChI is InChI=1S/C12H22N2O3/c1-10-9-11(12(15)17-10)14-5-3-13(4-6-14)7-8-16-2/h10-11H,3-9H2,1-2H3. The van der Waals surface area contributed by atoms with E-state index in [2.05, 4.69) is 9.80 Å². The number of carbonyl (C=O) groups excluding carboxylic acids is 1. The van der Waals surface area contributed by atoms with Crippen molar-refractivity contribution in [2.24, 2.45) is 0 Å². The van der Waals surface area contributed by atoms with E-state index in [1.165, 1.54) is 0 Å². The molecular weight excluding hydrogens is 220 g/mol. The average molecular weight is 242 g/mol. The fraction of sp³-hybridized carbons (Fsp3) is 0.917. The van der Waals surface area contributed by atoms with Crippen LogP contribution >= 0.6 is 0 Å². The molecule has 0 radical (unpaired) electrons. The first-order valence-corrected chi connectivity index (χ1v) is 6.36. The Morgan fingerprint density at radius 1 is 1.35 bits per heavy atom. The molecule has 0 aromatic carbocycles. The van der Waals surface area contributed by atoms with Gasteiger partial charge in [0, 0.05) is 46.3 Å². The number of methoxy groups -OCH3 is 1. The second-order valence-electron chi connectivity index (χ2n) is 4.87. The third-order valence-electron chi connectivity index (χ3n) is 3.60. The molecule has 5 heteroatoms. The van der Waals surface area contributed by atoms with Crippen LogP contribution in [-0.2, 0) is 14.3 Å². The van der Waals surface area contributed by atoms with Crippen LogP contribution in [0.4, 0.5) is 0 Å². The molecule has 0 aromatic heterocycles. The van der Waals surface area contributed by atoms with Gasteiger partial charge in [-0.05, 0) is 6.92 Å². The Balaban J connectivity index is 1.77. The number of hydrogen-bond donors (Lipinski definition) is 0. The highest BCUT2D eigenvalue weighted by atomic mass is 16.6. The summed E-state index contributed by atoms with van der Waals surface area (Å²) in [6, 6.07) is -0.00502. The van der Waals surface area contributed by atoms with E-state index in [9.17, 15) is 4.79 Å². The van der Waals surface area contributed by atoms with E-state index in [0.717, 1.165) is 45.8 Å². The van der Waals surface area contributed by atoms with E-state index in [4.69, 9.17) is 9.47 Å². The Hall–Kier alpha value is -0.650. The summed E-state index contributed by atoms with van der Waals surface area (Å²) < 4.78 is 10.3. The molecule has 0 spiro atoms. The molecule has 2 atom stereocenters. The predicted octanol–water partition coefficient (Wildman–Crippen LogP) is -0.0456. The Kier molecular flexibility index (Phi) is 4.36. The van der Waals surface area contributed by atoms with Crippen LogP contribution in [0.1, 0.15) is 13.3 Å². The maximum Gasteiger partial charge on any atom is 0.323 e. The molecule has 0 aromatic rings. The molecule has 2 rings (SSSR count). The second kappa shape index (κ2) is 5.80. The first kappa shape index (κ1) is 12.8. The van der Waals surface area contributed by atoms with E-state index in [0.29, 0.717) is 0 Å². The van der Waals surface area contributed by atoms with E-state index >= 15 is 0 Å². The maximum absolute atomic E-state index is 11.6. The van der Waals surface area contributed by atoms with Gasteiger partial charge in [0.1, 0.15) is 12.1 Å². The Bertz CT molecular complexity index is 264. The monoisotopic (exact) mass is 242 g/mol. The van der Waals surface area contributed by atoms with Gasteiger partial charge < -0.3 is 9.47 Å². The zero-order chi connectivity index (χ0) is 12.3. The molecule has 0 N–H and O–H groups in total. The summed E-state index contributed by atoms with van der Waals surface area (Å²) in [5.74, 6) is -0.0390. The van der Waals surface area contributed by atoms with Gasteiger partial charge >= 0.3 is 5.97 Å². The van der Waals surface area contributed by atoms with Crippen LogP contribution in [-0.4, -0.2) is 74.4 Å². The Morgan fingerprint density at radius 2 is 2.06 bits per heavy atom. The molecule has 0 saturated carbocycles. The van der Waals surface area contributed by atoms with Gasteiger partial charge in [0.25, 0.3) is 0 Å². The van der Waals surface area contributed by atoms with Gasteiger partial charge in [-0.1, -0.05) is 0 Å². The summed E-state index contributed by atoms with van der Waals surface area (Å²) in [5, 5.41) is 0. The first-order chi connectivity index (χ1) is 8.20. The van der Waals surface area contributed by atoms with Crippen LogP contribution in [0.3, 0.4) is 0 Å². The lowest BCUT2D eigenvalue weighted by atomic mass is 10.1. The molecule has 2 fully saturated rings. The van der Waals surface area contributed by atoms with Crippen LogP contribution in [0.2, 0.25) is 0 Å². The van der Waals surface area contributed by atoms with Crippen LogP contribution in [0, 0.1) is 0 Å². The van der Waals surface area contributed by atoms with Crippen LogP contribution in [0.5, 0.6) is 0 Å². The smallest absolute Gasteiger partial charge is 0.323 e. The number of rotatable bonds is 4. The number of cyclic esters (lactones) is 1. The molecule has 0 bridgehead atoms. The minimum absolute atomic E-state index is 0.00502. The molecule has 5 nitrogen and oxygen atoms in total. The Morgan fingerprint density at radius 3 is 2.59 bits per heavy atom. The van der Waals surface area contributed by atoms with Crippen LogP contribution in [0.25, 0.3) is 0 Å². The van der Waals surface area contributed by atoms with Crippen molar-refractivity contribution in [3.63, 3.8) is 0 Å². The summed E-state index contributed by atoms with van der Waals surface area (Å²) >= 11 is 0. The van der Waals surface area contributed by atoms with E-state index in [1.54, 1.807) is 7.11 Å². The number of hydrogen-bond acceptors (Lipinski definition) is 5. The first-order valence-electron chi connectivity index (χ1n) is 6.36. The van der Waals surface area contributed by atoms with E-state index in [1.807, 2.05) is 6.92 Å². The van der Waals surface area contributed by atoms with Crippen LogP contribution < -0.4 is 0 Å². The zero-order valence-corrected chi connectivity index (χ0v) is 10.7. The highest BCUT2D eigenvalue weighted by Gasteiger charge is 2.37. The molecule has 2 aliphatic heterocycles. The van der Waals surface area contributed by atoms with Crippen molar-refractivity contribution in [3.05, 3.63) is 0 Å². The zero-order valence-electron chi connectivity index (χ0n) is 10.7. The van der Waals surface area contributed by atoms with Gasteiger partial charge in [0.2, 0.25) is 0 Å². The number of ether oxygens (including phenoxy) is 2. The van der Waals surface area contributed by atoms with Crippen molar-refractivity contribution < 1.29 is 14.3 Å². The fourth-order valence-electron chi connectivity index (χ4n) is 2.55. The maximum atomic E-state index is 11.6. The number of nitrogens with zero attached hydrogens (tertiary/aromatic N) is 2. The molecule has 2 saturated heterocycles. The summed E-state index contributed by atoms with van der Waals surface area (Å²) in [6.45, 7) is 7.67. The molecule has 2 aliphatic rings. The van der Waals surface area contributed by atoms with Crippen molar-refractivity contribution in [2.45, 2.75) is 25.5 Å². The predicted molar refractivity (Wildman–Crippen MR) is 63.8 cm³/mol. The molecule has 2 unspecified atom stereocenters. The van der Waals surface area contributed by atoms with Gasteiger partial charge in [0.05, 0.1) is 6.61 Å². The van der Waals surface area contributed by atoms with Gasteiger partial charge in [-0.15, -0.1) is 0 Å². The molecular formula is C12H22N2O3. The second-order valence-corrected chi connectivity index (χ2v) is 4.87. The van der Waals surface area contributed by atoms with E-state index in [-0.39, 0.29) is 18.1 Å². The van der Waals surface area contributed by atoms with Crippen molar-refractivity contribution in [2.75, 3.05) is 46.4 Å². The molecule has 0 amide bonds. The number of esters is 1. The molecule has 0 aliphatic carbocycles. The molecule has 98 valence electrons. The van der Waals surface area contributed by atoms with Gasteiger partial charge in [-0.25, -0.2) is 0 Å². The van der Waals surface area contributed by atoms with Crippen molar-refractivity contribution in [1.82, 2.24) is 9.80 Å². The minimum atomic E-state index is -0.0390. The topological polar surface area (TPSA) is 42.0 Å². The molecule has 17 heavy (non-hydrogen) atoms. The SMILES string of the molecule is COCCN1CCN(C2CC(C)OC2=O)CC1. The third kappa shape index (κ3) is 3.18. The van der Waals surface area contributed by atoms with Gasteiger partial charge in [0.15, 0.2) is 0 Å². The highest BCUT2D eigenvalue weighted by Crippen LogP contribution is 2.20. The average Bonchev–Trinajstić information content (AvgIpc) is 2.66. The quantitative estimate of drug-likeness (QED) is 0.647. The summed E-state index contributed by atoms with van der Waals surface area (Å²) in [4.78, 5) is 16.3.